The fourth-order valence-corrected chi connectivity index (χ4v) is 2.45. The largest absolute Gasteiger partial charge is 0.376 e. The van der Waals surface area contributed by atoms with Crippen molar-refractivity contribution in [3.8, 4) is 0 Å². The van der Waals surface area contributed by atoms with Crippen LogP contribution < -0.4 is 11.1 Å². The summed E-state index contributed by atoms with van der Waals surface area (Å²) in [5, 5.41) is 3.02. The molecule has 0 aliphatic carbocycles. The highest BCUT2D eigenvalue weighted by Crippen LogP contribution is 2.16. The maximum atomic E-state index is 11.4. The maximum absolute atomic E-state index is 11.4. The van der Waals surface area contributed by atoms with Gasteiger partial charge >= 0.3 is 0 Å². The molecule has 1 aliphatic rings. The molecule has 0 aromatic rings. The maximum Gasteiger partial charge on any atom is 0.237 e. The summed E-state index contributed by atoms with van der Waals surface area (Å²) in [4.78, 5) is 13.8. The van der Waals surface area contributed by atoms with Crippen molar-refractivity contribution in [1.82, 2.24) is 10.2 Å². The minimum atomic E-state index is -0.579. The van der Waals surface area contributed by atoms with E-state index in [1.165, 1.54) is 0 Å². The molecule has 1 rings (SSSR count). The van der Waals surface area contributed by atoms with Gasteiger partial charge in [0.1, 0.15) is 0 Å². The highest BCUT2D eigenvalue weighted by Gasteiger charge is 2.28. The van der Waals surface area contributed by atoms with Crippen LogP contribution >= 0.6 is 0 Å². The molecule has 0 aromatic heterocycles. The fraction of sp³-hybridized carbons (Fsp3) is 0.929. The molecule has 5 nitrogen and oxygen atoms in total. The van der Waals surface area contributed by atoms with Gasteiger partial charge < -0.3 is 15.8 Å². The number of unbranched alkanes of at least 4 members (excludes halogenated alkanes) is 1. The van der Waals surface area contributed by atoms with Crippen molar-refractivity contribution in [2.45, 2.75) is 57.7 Å². The second-order valence-corrected chi connectivity index (χ2v) is 5.89. The van der Waals surface area contributed by atoms with Gasteiger partial charge in [-0.25, -0.2) is 0 Å². The van der Waals surface area contributed by atoms with E-state index in [1.807, 2.05) is 6.92 Å². The molecule has 1 fully saturated rings. The van der Waals surface area contributed by atoms with Crippen LogP contribution in [0.2, 0.25) is 0 Å². The van der Waals surface area contributed by atoms with Crippen LogP contribution in [0.15, 0.2) is 0 Å². The quantitative estimate of drug-likeness (QED) is 0.670. The van der Waals surface area contributed by atoms with Crippen molar-refractivity contribution in [2.75, 3.05) is 26.7 Å². The monoisotopic (exact) mass is 271 g/mol. The predicted molar refractivity (Wildman–Crippen MR) is 77.0 cm³/mol. The molecule has 1 aliphatic heterocycles. The molecule has 0 saturated carbocycles. The summed E-state index contributed by atoms with van der Waals surface area (Å²) >= 11 is 0. The van der Waals surface area contributed by atoms with E-state index >= 15 is 0 Å². The minimum Gasteiger partial charge on any atom is -0.376 e. The number of hydrogen-bond donors (Lipinski definition) is 2. The third kappa shape index (κ3) is 4.75. The summed E-state index contributed by atoms with van der Waals surface area (Å²) in [5.41, 5.74) is 4.84. The van der Waals surface area contributed by atoms with Crippen molar-refractivity contribution < 1.29 is 9.53 Å². The first kappa shape index (κ1) is 16.4. The zero-order valence-corrected chi connectivity index (χ0v) is 12.7. The van der Waals surface area contributed by atoms with Gasteiger partial charge in [0, 0.05) is 12.6 Å². The number of likely N-dealkylation sites (N-methyl/N-ethyl adjacent to an activating group) is 1. The Kier molecular flexibility index (Phi) is 6.23. The number of amides is 1. The molecule has 0 bridgehead atoms. The molecule has 1 saturated heterocycles. The smallest absolute Gasteiger partial charge is 0.237 e. The van der Waals surface area contributed by atoms with Crippen LogP contribution in [-0.2, 0) is 9.53 Å². The number of nitrogens with zero attached hydrogens (tertiary/aromatic N) is 1. The van der Waals surface area contributed by atoms with Gasteiger partial charge in [0.15, 0.2) is 0 Å². The number of ether oxygens (including phenoxy) is 1. The van der Waals surface area contributed by atoms with Gasteiger partial charge in [-0.1, -0.05) is 0 Å². The van der Waals surface area contributed by atoms with Crippen molar-refractivity contribution in [2.24, 2.45) is 5.73 Å². The van der Waals surface area contributed by atoms with E-state index in [2.05, 4.69) is 24.1 Å². The van der Waals surface area contributed by atoms with E-state index in [1.54, 1.807) is 7.05 Å². The van der Waals surface area contributed by atoms with Gasteiger partial charge in [0.25, 0.3) is 0 Å². The molecule has 112 valence electrons. The summed E-state index contributed by atoms with van der Waals surface area (Å²) in [6.07, 6.45) is 3.19. The minimum absolute atomic E-state index is 0.275. The summed E-state index contributed by atoms with van der Waals surface area (Å²) in [7, 11) is 1.79. The summed E-state index contributed by atoms with van der Waals surface area (Å²) in [5.74, 6) is -0.275. The van der Waals surface area contributed by atoms with E-state index in [9.17, 15) is 4.79 Å². The predicted octanol–water partition coefficient (Wildman–Crippen LogP) is 0.729. The van der Waals surface area contributed by atoms with Gasteiger partial charge in [-0.05, 0) is 53.6 Å². The normalized spacial score (nSPS) is 28.0. The lowest BCUT2D eigenvalue weighted by Gasteiger charge is -2.37. The Labute approximate surface area is 116 Å². The van der Waals surface area contributed by atoms with Crippen LogP contribution in [0.5, 0.6) is 0 Å². The van der Waals surface area contributed by atoms with E-state index in [0.29, 0.717) is 12.1 Å². The number of nitrogens with two attached hydrogens (primary N) is 1. The van der Waals surface area contributed by atoms with E-state index < -0.39 is 5.54 Å². The number of nitrogens with one attached hydrogen (secondary N) is 1. The molecule has 3 unspecified atom stereocenters. The Balaban J connectivity index is 2.28. The average molecular weight is 271 g/mol. The van der Waals surface area contributed by atoms with Crippen LogP contribution in [0.1, 0.15) is 40.0 Å². The lowest BCUT2D eigenvalue weighted by Crippen LogP contribution is -2.51. The second-order valence-electron chi connectivity index (χ2n) is 5.89. The molecule has 1 heterocycles. The van der Waals surface area contributed by atoms with Crippen molar-refractivity contribution >= 4 is 5.91 Å². The molecular weight excluding hydrogens is 242 g/mol. The Hall–Kier alpha value is -0.650. The zero-order valence-electron chi connectivity index (χ0n) is 12.7. The van der Waals surface area contributed by atoms with Gasteiger partial charge in [-0.15, -0.1) is 0 Å². The van der Waals surface area contributed by atoms with Gasteiger partial charge in [0.2, 0.25) is 5.91 Å². The average Bonchev–Trinajstić information content (AvgIpc) is 2.38. The number of primary amides is 1. The van der Waals surface area contributed by atoms with Gasteiger partial charge in [-0.3, -0.25) is 9.69 Å². The molecule has 5 heteroatoms. The summed E-state index contributed by atoms with van der Waals surface area (Å²) in [6.45, 7) is 9.07. The first-order chi connectivity index (χ1) is 8.89. The van der Waals surface area contributed by atoms with E-state index in [0.717, 1.165) is 39.0 Å². The Morgan fingerprint density at radius 1 is 1.47 bits per heavy atom. The standard InChI is InChI=1S/C14H29N3O2/c1-11-10-19-12(2)9-17(11)8-6-5-7-14(3,16-4)13(15)18/h11-12,16H,5-10H2,1-4H3,(H2,15,18). The lowest BCUT2D eigenvalue weighted by atomic mass is 9.94. The SMILES string of the molecule is CNC(C)(CCCCN1CC(C)OCC1C)C(N)=O. The molecule has 1 amide bonds. The van der Waals surface area contributed by atoms with Gasteiger partial charge in [-0.2, -0.15) is 0 Å². The van der Waals surface area contributed by atoms with Crippen LogP contribution in [-0.4, -0.2) is 55.2 Å². The fourth-order valence-electron chi connectivity index (χ4n) is 2.45. The molecule has 0 radical (unpaired) electrons. The van der Waals surface area contributed by atoms with Crippen LogP contribution in [0.25, 0.3) is 0 Å². The highest BCUT2D eigenvalue weighted by atomic mass is 16.5. The number of carbonyl (C=O) groups is 1. The molecule has 0 spiro atoms. The van der Waals surface area contributed by atoms with Gasteiger partial charge in [0.05, 0.1) is 18.2 Å². The molecule has 19 heavy (non-hydrogen) atoms. The molecular formula is C14H29N3O2. The zero-order chi connectivity index (χ0) is 14.5. The van der Waals surface area contributed by atoms with Crippen molar-refractivity contribution in [3.05, 3.63) is 0 Å². The third-order valence-corrected chi connectivity index (χ3v) is 4.20. The Morgan fingerprint density at radius 3 is 2.74 bits per heavy atom. The van der Waals surface area contributed by atoms with E-state index in [4.69, 9.17) is 10.5 Å². The van der Waals surface area contributed by atoms with Crippen LogP contribution in [0, 0.1) is 0 Å². The first-order valence-corrected chi connectivity index (χ1v) is 7.23. The molecule has 3 N–H and O–H groups in total. The number of rotatable bonds is 7. The second kappa shape index (κ2) is 7.22. The third-order valence-electron chi connectivity index (χ3n) is 4.20. The Morgan fingerprint density at radius 2 is 2.16 bits per heavy atom. The molecule has 3 atom stereocenters. The molecule has 0 aromatic carbocycles. The Bertz CT molecular complexity index is 298. The van der Waals surface area contributed by atoms with Crippen molar-refractivity contribution in [1.29, 1.82) is 0 Å². The summed E-state index contributed by atoms with van der Waals surface area (Å²) < 4.78 is 5.62. The van der Waals surface area contributed by atoms with E-state index in [-0.39, 0.29) is 5.91 Å². The topological polar surface area (TPSA) is 67.6 Å². The number of carbonyl (C=O) groups excluding carboxylic acids is 1. The lowest BCUT2D eigenvalue weighted by molar-refractivity contribution is -0.123. The summed E-state index contributed by atoms with van der Waals surface area (Å²) in [6, 6.07) is 0.489. The first-order valence-electron chi connectivity index (χ1n) is 7.23. The van der Waals surface area contributed by atoms with Crippen LogP contribution in [0.4, 0.5) is 0 Å². The van der Waals surface area contributed by atoms with Crippen LogP contribution in [0.3, 0.4) is 0 Å². The number of hydrogen-bond acceptors (Lipinski definition) is 4. The number of morpholine rings is 1. The van der Waals surface area contributed by atoms with Crippen molar-refractivity contribution in [3.63, 3.8) is 0 Å². The highest BCUT2D eigenvalue weighted by molar-refractivity contribution is 5.84.